The fourth-order valence-corrected chi connectivity index (χ4v) is 3.61. The van der Waals surface area contributed by atoms with Crippen LogP contribution in [-0.4, -0.2) is 21.6 Å². The van der Waals surface area contributed by atoms with Gasteiger partial charge in [-0.25, -0.2) is 9.37 Å². The predicted octanol–water partition coefficient (Wildman–Crippen LogP) is 5.55. The highest BCUT2D eigenvalue weighted by Gasteiger charge is 2.63. The summed E-state index contributed by atoms with van der Waals surface area (Å²) in [5.74, 6) is -0.963. The second kappa shape index (κ2) is 6.41. The summed E-state index contributed by atoms with van der Waals surface area (Å²) in [6.07, 6.45) is -4.87. The van der Waals surface area contributed by atoms with Crippen LogP contribution in [-0.2, 0) is 10.5 Å². The zero-order chi connectivity index (χ0) is 20.9. The first-order chi connectivity index (χ1) is 14.4. The lowest BCUT2D eigenvalue weighted by atomic mass is 10.00. The molecule has 1 aliphatic rings. The van der Waals surface area contributed by atoms with Crippen molar-refractivity contribution < 1.29 is 22.3 Å². The van der Waals surface area contributed by atoms with Gasteiger partial charge in [-0.05, 0) is 36.4 Å². The Balaban J connectivity index is 1.87. The highest BCUT2D eigenvalue weighted by molar-refractivity contribution is 5.97. The number of rotatable bonds is 2. The van der Waals surface area contributed by atoms with E-state index < -0.39 is 17.7 Å². The molecule has 0 fully saturated rings. The molecule has 150 valence electrons. The summed E-state index contributed by atoms with van der Waals surface area (Å²) in [5.41, 5.74) is -2.23. The number of fused-ring (bicyclic) bond motifs is 3. The Labute approximate surface area is 168 Å². The van der Waals surface area contributed by atoms with E-state index in [9.17, 15) is 17.6 Å². The number of benzene rings is 3. The Morgan fingerprint density at radius 3 is 2.20 bits per heavy atom. The molecule has 0 radical (unpaired) electrons. The van der Waals surface area contributed by atoms with Gasteiger partial charge in [0.15, 0.2) is 0 Å². The normalized spacial score (nSPS) is 18.6. The van der Waals surface area contributed by atoms with Crippen molar-refractivity contribution in [3.63, 3.8) is 0 Å². The minimum atomic E-state index is -4.87. The van der Waals surface area contributed by atoms with E-state index >= 15 is 0 Å². The van der Waals surface area contributed by atoms with Crippen LogP contribution in [0.15, 0.2) is 83.9 Å². The molecular formula is C22H13F4N3O. The van der Waals surface area contributed by atoms with Gasteiger partial charge in [-0.1, -0.05) is 42.5 Å². The van der Waals surface area contributed by atoms with Gasteiger partial charge < -0.3 is 4.74 Å². The topological polar surface area (TPSA) is 39.4 Å². The van der Waals surface area contributed by atoms with Crippen LogP contribution < -0.4 is 0 Å². The maximum Gasteiger partial charge on any atom is 0.454 e. The molecular weight excluding hydrogens is 398 g/mol. The molecule has 2 heterocycles. The van der Waals surface area contributed by atoms with Gasteiger partial charge in [-0.3, -0.25) is 4.57 Å². The lowest BCUT2D eigenvalue weighted by Crippen LogP contribution is -2.53. The van der Waals surface area contributed by atoms with Crippen LogP contribution in [0, 0.1) is 5.82 Å². The standard InChI is InChI=1S/C22H13F4N3O/c23-16-12-10-14(11-13-16)19-28-20-27-17-8-4-5-9-18(17)29(20)21(30-19,22(24,25)26)15-6-2-1-3-7-15/h1-13H/t21-/m1/s1. The third-order valence-corrected chi connectivity index (χ3v) is 4.94. The lowest BCUT2D eigenvalue weighted by molar-refractivity contribution is -0.271. The number of hydrogen-bond acceptors (Lipinski definition) is 3. The number of imidazole rings is 1. The van der Waals surface area contributed by atoms with Crippen LogP contribution >= 0.6 is 0 Å². The van der Waals surface area contributed by atoms with Crippen molar-refractivity contribution in [1.29, 1.82) is 0 Å². The van der Waals surface area contributed by atoms with E-state index in [0.29, 0.717) is 5.52 Å². The minimum Gasteiger partial charge on any atom is -0.436 e. The van der Waals surface area contributed by atoms with Gasteiger partial charge in [0.1, 0.15) is 5.82 Å². The lowest BCUT2D eigenvalue weighted by Gasteiger charge is -2.40. The molecule has 0 saturated carbocycles. The number of ether oxygens (including phenoxy) is 1. The molecule has 0 spiro atoms. The Bertz CT molecular complexity index is 1260. The summed E-state index contributed by atoms with van der Waals surface area (Å²) in [6.45, 7) is 0. The summed E-state index contributed by atoms with van der Waals surface area (Å²) >= 11 is 0. The molecule has 4 nitrogen and oxygen atoms in total. The van der Waals surface area contributed by atoms with Crippen LogP contribution in [0.1, 0.15) is 11.1 Å². The Kier molecular flexibility index (Phi) is 3.92. The minimum absolute atomic E-state index is 0.128. The van der Waals surface area contributed by atoms with E-state index in [1.165, 1.54) is 42.5 Å². The maximum absolute atomic E-state index is 14.8. The van der Waals surface area contributed by atoms with Gasteiger partial charge in [0.05, 0.1) is 11.0 Å². The number of hydrogen-bond donors (Lipinski definition) is 0. The summed E-state index contributed by atoms with van der Waals surface area (Å²) in [4.78, 5) is 8.54. The molecule has 0 unspecified atom stereocenters. The van der Waals surface area contributed by atoms with Crippen LogP contribution in [0.25, 0.3) is 11.0 Å². The first kappa shape index (κ1) is 18.4. The molecule has 0 bridgehead atoms. The fourth-order valence-electron chi connectivity index (χ4n) is 3.61. The average molecular weight is 411 g/mol. The quantitative estimate of drug-likeness (QED) is 0.406. The van der Waals surface area contributed by atoms with Gasteiger partial charge in [-0.2, -0.15) is 18.2 Å². The van der Waals surface area contributed by atoms with Crippen LogP contribution in [0.2, 0.25) is 0 Å². The van der Waals surface area contributed by atoms with Crippen molar-refractivity contribution in [3.8, 4) is 0 Å². The monoisotopic (exact) mass is 411 g/mol. The number of nitrogens with zero attached hydrogens (tertiary/aromatic N) is 3. The number of para-hydroxylation sites is 2. The zero-order valence-electron chi connectivity index (χ0n) is 15.3. The van der Waals surface area contributed by atoms with E-state index in [1.807, 2.05) is 0 Å². The largest absolute Gasteiger partial charge is 0.454 e. The Morgan fingerprint density at radius 2 is 1.50 bits per heavy atom. The van der Waals surface area contributed by atoms with Crippen molar-refractivity contribution in [2.24, 2.45) is 4.99 Å². The molecule has 4 aromatic rings. The molecule has 0 amide bonds. The highest BCUT2D eigenvalue weighted by Crippen LogP contribution is 2.49. The molecule has 1 atom stereocenters. The number of halogens is 4. The molecule has 3 aromatic carbocycles. The van der Waals surface area contributed by atoms with E-state index in [1.54, 1.807) is 24.3 Å². The Morgan fingerprint density at radius 1 is 0.833 bits per heavy atom. The number of aliphatic imine (C=N–C) groups is 1. The van der Waals surface area contributed by atoms with Crippen LogP contribution in [0.3, 0.4) is 0 Å². The molecule has 0 N–H and O–H groups in total. The van der Waals surface area contributed by atoms with E-state index in [4.69, 9.17) is 4.74 Å². The third kappa shape index (κ3) is 2.60. The fraction of sp³-hybridized carbons (Fsp3) is 0.0909. The van der Waals surface area contributed by atoms with E-state index in [0.717, 1.165) is 16.7 Å². The SMILES string of the molecule is Fc1ccc(C2=Nc3nc4ccccc4n3[C@@](c3ccccc3)(C(F)(F)F)O2)cc1. The predicted molar refractivity (Wildman–Crippen MR) is 103 cm³/mol. The summed E-state index contributed by atoms with van der Waals surface area (Å²) < 4.78 is 64.5. The van der Waals surface area contributed by atoms with Crippen molar-refractivity contribution in [3.05, 3.63) is 95.8 Å². The van der Waals surface area contributed by atoms with Crippen LogP contribution in [0.4, 0.5) is 23.5 Å². The molecule has 1 aliphatic heterocycles. The van der Waals surface area contributed by atoms with Crippen molar-refractivity contribution in [1.82, 2.24) is 9.55 Å². The van der Waals surface area contributed by atoms with Gasteiger partial charge in [0.25, 0.3) is 0 Å². The van der Waals surface area contributed by atoms with Gasteiger partial charge >= 0.3 is 11.9 Å². The average Bonchev–Trinajstić information content (AvgIpc) is 3.12. The number of aromatic nitrogens is 2. The van der Waals surface area contributed by atoms with E-state index in [-0.39, 0.29) is 28.5 Å². The smallest absolute Gasteiger partial charge is 0.436 e. The highest BCUT2D eigenvalue weighted by atomic mass is 19.4. The van der Waals surface area contributed by atoms with Gasteiger partial charge in [-0.15, -0.1) is 0 Å². The first-order valence-electron chi connectivity index (χ1n) is 9.04. The zero-order valence-corrected chi connectivity index (χ0v) is 15.3. The van der Waals surface area contributed by atoms with Crippen molar-refractivity contribution >= 4 is 22.9 Å². The van der Waals surface area contributed by atoms with Crippen LogP contribution in [0.5, 0.6) is 0 Å². The van der Waals surface area contributed by atoms with Crippen molar-refractivity contribution in [2.45, 2.75) is 11.9 Å². The maximum atomic E-state index is 14.8. The summed E-state index contributed by atoms with van der Waals surface area (Å²) in [7, 11) is 0. The third-order valence-electron chi connectivity index (χ3n) is 4.94. The van der Waals surface area contributed by atoms with Gasteiger partial charge in [0.2, 0.25) is 11.8 Å². The second-order valence-electron chi connectivity index (χ2n) is 6.77. The molecule has 5 rings (SSSR count). The number of alkyl halides is 3. The molecule has 30 heavy (non-hydrogen) atoms. The van der Waals surface area contributed by atoms with Gasteiger partial charge in [0, 0.05) is 11.1 Å². The molecule has 0 aliphatic carbocycles. The van der Waals surface area contributed by atoms with Crippen molar-refractivity contribution in [2.75, 3.05) is 0 Å². The molecule has 1 aromatic heterocycles. The first-order valence-corrected chi connectivity index (χ1v) is 9.04. The summed E-state index contributed by atoms with van der Waals surface area (Å²) in [6, 6.07) is 18.7. The second-order valence-corrected chi connectivity index (χ2v) is 6.77. The summed E-state index contributed by atoms with van der Waals surface area (Å²) in [5, 5.41) is 0. The Hall–Kier alpha value is -3.68. The van der Waals surface area contributed by atoms with E-state index in [2.05, 4.69) is 9.98 Å². The molecule has 8 heteroatoms. The molecule has 0 saturated heterocycles.